The minimum atomic E-state index is -0.893. The van der Waals surface area contributed by atoms with Crippen LogP contribution in [0.1, 0.15) is 26.3 Å². The summed E-state index contributed by atoms with van der Waals surface area (Å²) in [5.41, 5.74) is 0.0989. The Labute approximate surface area is 157 Å². The molecule has 1 saturated heterocycles. The zero-order chi connectivity index (χ0) is 18.9. The van der Waals surface area contributed by atoms with Gasteiger partial charge in [0.25, 0.3) is 0 Å². The molecule has 0 bridgehead atoms. The van der Waals surface area contributed by atoms with E-state index >= 15 is 0 Å². The number of aromatic nitrogens is 1. The molecule has 2 aliphatic heterocycles. The second-order valence-corrected chi connectivity index (χ2v) is 6.74. The summed E-state index contributed by atoms with van der Waals surface area (Å²) < 4.78 is 11.7. The molecule has 0 saturated carbocycles. The largest absolute Gasteiger partial charge is 0.362 e. The van der Waals surface area contributed by atoms with Crippen molar-refractivity contribution >= 4 is 11.6 Å². The van der Waals surface area contributed by atoms with Gasteiger partial charge in [-0.1, -0.05) is 17.7 Å². The minimum Gasteiger partial charge on any atom is -0.362 e. The monoisotopic (exact) mass is 382 g/mol. The highest BCUT2D eigenvalue weighted by Crippen LogP contribution is 2.44. The van der Waals surface area contributed by atoms with Crippen molar-refractivity contribution in [3.05, 3.63) is 50.7 Å². The normalized spacial score (nSPS) is 25.2. The first kappa shape index (κ1) is 18.9. The number of rotatable bonds is 7. The number of pyridine rings is 1. The first-order valence-electron chi connectivity index (χ1n) is 8.69. The molecule has 1 fully saturated rings. The Balaban J connectivity index is 1.98. The quantitative estimate of drug-likeness (QED) is 0.407. The van der Waals surface area contributed by atoms with E-state index in [9.17, 15) is 10.1 Å². The van der Waals surface area contributed by atoms with Crippen LogP contribution in [0.15, 0.2) is 29.8 Å². The summed E-state index contributed by atoms with van der Waals surface area (Å²) in [5, 5.41) is 12.3. The van der Waals surface area contributed by atoms with Crippen molar-refractivity contribution in [1.82, 2.24) is 14.8 Å². The van der Waals surface area contributed by atoms with Crippen molar-refractivity contribution in [3.63, 3.8) is 0 Å². The second kappa shape index (κ2) is 7.38. The maximum Gasteiger partial charge on any atom is 0.319 e. The lowest BCUT2D eigenvalue weighted by Crippen LogP contribution is -2.52. The van der Waals surface area contributed by atoms with Crippen LogP contribution in [0.3, 0.4) is 0 Å². The van der Waals surface area contributed by atoms with Gasteiger partial charge in [-0.15, -0.1) is 0 Å². The van der Waals surface area contributed by atoms with Crippen LogP contribution in [-0.2, 0) is 16.0 Å². The minimum absolute atomic E-state index is 0.0576. The van der Waals surface area contributed by atoms with E-state index in [0.717, 1.165) is 5.56 Å². The maximum absolute atomic E-state index is 11.9. The highest BCUT2D eigenvalue weighted by atomic mass is 35.5. The van der Waals surface area contributed by atoms with E-state index in [1.165, 1.54) is 0 Å². The fourth-order valence-corrected chi connectivity index (χ4v) is 3.86. The number of nitrogens with zero attached hydrogens (tertiary/aromatic N) is 4. The van der Waals surface area contributed by atoms with Crippen LogP contribution >= 0.6 is 11.6 Å². The summed E-state index contributed by atoms with van der Waals surface area (Å²) in [7, 11) is 0. The van der Waals surface area contributed by atoms with Gasteiger partial charge in [-0.3, -0.25) is 10.1 Å². The second-order valence-electron chi connectivity index (χ2n) is 6.35. The molecule has 1 aromatic heterocycles. The lowest BCUT2D eigenvalue weighted by molar-refractivity contribution is -0.441. The summed E-state index contributed by atoms with van der Waals surface area (Å²) in [5.74, 6) is 0.569. The topological polar surface area (TPSA) is 81.0 Å². The molecule has 0 amide bonds. The van der Waals surface area contributed by atoms with E-state index < -0.39 is 11.8 Å². The third kappa shape index (κ3) is 3.13. The molecular formula is C17H23ClN4O4. The standard InChI is InChI=1S/C17H23ClN4O4/c1-4-25-15-14(22(23)24)16-20(11-12-6-7-13(18)19-10-12)8-9-21(16)17(15,3)26-5-2/h6-7,10,15H,4-5,8-9,11H2,1-3H3. The van der Waals surface area contributed by atoms with Gasteiger partial charge in [0.2, 0.25) is 0 Å². The van der Waals surface area contributed by atoms with Crippen LogP contribution in [0.25, 0.3) is 0 Å². The van der Waals surface area contributed by atoms with E-state index in [0.29, 0.717) is 43.8 Å². The van der Waals surface area contributed by atoms with Crippen molar-refractivity contribution in [2.45, 2.75) is 39.1 Å². The van der Waals surface area contributed by atoms with E-state index in [-0.39, 0.29) is 10.6 Å². The molecule has 2 unspecified atom stereocenters. The summed E-state index contributed by atoms with van der Waals surface area (Å²) in [6.45, 7) is 8.18. The molecule has 0 aromatic carbocycles. The van der Waals surface area contributed by atoms with Crippen molar-refractivity contribution in [3.8, 4) is 0 Å². The molecule has 0 N–H and O–H groups in total. The Morgan fingerprint density at radius 2 is 2.15 bits per heavy atom. The molecule has 9 heteroatoms. The number of hydrogen-bond donors (Lipinski definition) is 0. The SMILES string of the molecule is CCOC1C([N+](=O)[O-])=C2N(Cc3ccc(Cl)nc3)CCN2C1(C)OCC. The molecule has 2 aliphatic rings. The molecular weight excluding hydrogens is 360 g/mol. The van der Waals surface area contributed by atoms with Crippen LogP contribution in [-0.4, -0.2) is 57.8 Å². The molecule has 2 atom stereocenters. The highest BCUT2D eigenvalue weighted by molar-refractivity contribution is 6.29. The maximum atomic E-state index is 11.9. The fraction of sp³-hybridized carbons (Fsp3) is 0.588. The van der Waals surface area contributed by atoms with Gasteiger partial charge in [-0.2, -0.15) is 0 Å². The third-order valence-electron chi connectivity index (χ3n) is 4.78. The van der Waals surface area contributed by atoms with Crippen molar-refractivity contribution in [2.75, 3.05) is 26.3 Å². The van der Waals surface area contributed by atoms with Gasteiger partial charge in [-0.05, 0) is 32.4 Å². The van der Waals surface area contributed by atoms with Crippen LogP contribution in [0.4, 0.5) is 0 Å². The van der Waals surface area contributed by atoms with Gasteiger partial charge in [0, 0.05) is 39.0 Å². The van der Waals surface area contributed by atoms with Crippen molar-refractivity contribution < 1.29 is 14.4 Å². The smallest absolute Gasteiger partial charge is 0.319 e. The molecule has 0 radical (unpaired) electrons. The molecule has 8 nitrogen and oxygen atoms in total. The highest BCUT2D eigenvalue weighted by Gasteiger charge is 2.60. The van der Waals surface area contributed by atoms with E-state index in [1.807, 2.05) is 36.6 Å². The van der Waals surface area contributed by atoms with E-state index in [1.54, 1.807) is 12.3 Å². The zero-order valence-corrected chi connectivity index (χ0v) is 15.9. The van der Waals surface area contributed by atoms with E-state index in [4.69, 9.17) is 21.1 Å². The predicted molar refractivity (Wildman–Crippen MR) is 95.8 cm³/mol. The average Bonchev–Trinajstić information content (AvgIpc) is 3.09. The Kier molecular flexibility index (Phi) is 5.36. The molecule has 3 heterocycles. The molecule has 26 heavy (non-hydrogen) atoms. The summed E-state index contributed by atoms with van der Waals surface area (Å²) in [6, 6.07) is 3.59. The van der Waals surface area contributed by atoms with Gasteiger partial charge >= 0.3 is 5.70 Å². The lowest BCUT2D eigenvalue weighted by Gasteiger charge is -2.37. The molecule has 0 aliphatic carbocycles. The van der Waals surface area contributed by atoms with Crippen molar-refractivity contribution in [1.29, 1.82) is 0 Å². The summed E-state index contributed by atoms with van der Waals surface area (Å²) >= 11 is 5.84. The predicted octanol–water partition coefficient (Wildman–Crippen LogP) is 2.47. The van der Waals surface area contributed by atoms with Gasteiger partial charge in [-0.25, -0.2) is 4.98 Å². The van der Waals surface area contributed by atoms with Crippen LogP contribution < -0.4 is 0 Å². The van der Waals surface area contributed by atoms with Crippen LogP contribution in [0, 0.1) is 10.1 Å². The summed E-state index contributed by atoms with van der Waals surface area (Å²) in [6.07, 6.45) is 0.942. The Bertz CT molecular complexity index is 711. The Morgan fingerprint density at radius 3 is 2.73 bits per heavy atom. The first-order chi connectivity index (χ1) is 12.4. The number of ether oxygens (including phenoxy) is 2. The number of hydrogen-bond acceptors (Lipinski definition) is 7. The Hall–Kier alpha value is -1.90. The fourth-order valence-electron chi connectivity index (χ4n) is 3.75. The molecule has 142 valence electrons. The lowest BCUT2D eigenvalue weighted by atomic mass is 10.1. The zero-order valence-electron chi connectivity index (χ0n) is 15.1. The molecule has 0 spiro atoms. The number of nitro groups is 1. The summed E-state index contributed by atoms with van der Waals surface area (Å²) in [4.78, 5) is 19.6. The van der Waals surface area contributed by atoms with Crippen molar-refractivity contribution in [2.24, 2.45) is 0 Å². The number of fused-ring (bicyclic) bond motifs is 1. The van der Waals surface area contributed by atoms with Crippen LogP contribution in [0.2, 0.25) is 5.15 Å². The Morgan fingerprint density at radius 1 is 1.38 bits per heavy atom. The first-order valence-corrected chi connectivity index (χ1v) is 9.07. The van der Waals surface area contributed by atoms with Gasteiger partial charge < -0.3 is 19.3 Å². The average molecular weight is 383 g/mol. The molecule has 3 rings (SSSR count). The van der Waals surface area contributed by atoms with Gasteiger partial charge in [0.1, 0.15) is 5.15 Å². The molecule has 1 aromatic rings. The van der Waals surface area contributed by atoms with E-state index in [2.05, 4.69) is 4.98 Å². The number of halogens is 1. The third-order valence-corrected chi connectivity index (χ3v) is 5.00. The van der Waals surface area contributed by atoms with Gasteiger partial charge in [0.15, 0.2) is 17.6 Å². The van der Waals surface area contributed by atoms with Gasteiger partial charge in [0.05, 0.1) is 4.92 Å². The van der Waals surface area contributed by atoms with Crippen LogP contribution in [0.5, 0.6) is 0 Å².